The molecule has 0 amide bonds. The molecule has 1 nitrogen and oxygen atoms in total. The van der Waals surface area contributed by atoms with Gasteiger partial charge in [-0.1, -0.05) is 42.0 Å². The maximum absolute atomic E-state index is 4.90. The molecule has 16 heavy (non-hydrogen) atoms. The fourth-order valence-corrected chi connectivity index (χ4v) is 3.23. The van der Waals surface area contributed by atoms with Crippen LogP contribution < -0.4 is 5.32 Å². The molecule has 1 heteroatoms. The Morgan fingerprint density at radius 1 is 1.19 bits per heavy atom. The van der Waals surface area contributed by atoms with Gasteiger partial charge in [0.05, 0.1) is 5.54 Å². The highest BCUT2D eigenvalue weighted by Gasteiger charge is 2.43. The average molecular weight is 212 g/mol. The van der Waals surface area contributed by atoms with Gasteiger partial charge in [0, 0.05) is 12.5 Å². The van der Waals surface area contributed by atoms with Crippen molar-refractivity contribution in [2.45, 2.75) is 31.7 Å². The number of rotatable bonds is 2. The molecule has 0 aromatic rings. The van der Waals surface area contributed by atoms with E-state index in [9.17, 15) is 0 Å². The third-order valence-corrected chi connectivity index (χ3v) is 4.21. The monoisotopic (exact) mass is 212 g/mol. The van der Waals surface area contributed by atoms with E-state index >= 15 is 0 Å². The van der Waals surface area contributed by atoms with Crippen molar-refractivity contribution in [1.82, 2.24) is 5.32 Å². The summed E-state index contributed by atoms with van der Waals surface area (Å²) in [6.07, 6.45) is 16.9. The van der Waals surface area contributed by atoms with Crippen LogP contribution in [0.5, 0.6) is 0 Å². The average Bonchev–Trinajstić information content (AvgIpc) is 2.99. The Labute approximate surface area is 97.6 Å². The molecule has 0 bridgehead atoms. The fourth-order valence-electron chi connectivity index (χ4n) is 3.23. The van der Waals surface area contributed by atoms with E-state index in [1.54, 1.807) is 5.57 Å². The second kappa shape index (κ2) is 3.74. The van der Waals surface area contributed by atoms with E-state index in [1.807, 2.05) is 0 Å². The minimum Gasteiger partial charge on any atom is -0.230 e. The number of nitrogens with zero attached hydrogens (tertiary/aromatic N) is 1. The molecule has 1 heterocycles. The lowest BCUT2D eigenvalue weighted by molar-refractivity contribution is 0.387. The molecule has 3 aliphatic rings. The van der Waals surface area contributed by atoms with Crippen molar-refractivity contribution in [1.29, 1.82) is 0 Å². The molecule has 0 aromatic carbocycles. The van der Waals surface area contributed by atoms with E-state index in [4.69, 9.17) is 5.32 Å². The molecular formula is C15H18N. The number of hydrogen-bond donors (Lipinski definition) is 0. The maximum atomic E-state index is 4.90. The molecular weight excluding hydrogens is 194 g/mol. The van der Waals surface area contributed by atoms with Crippen molar-refractivity contribution in [3.05, 3.63) is 47.6 Å². The SMILES string of the molecule is CC1(C2=CC=CC2)[N]CCC1C1=CC=CC1. The van der Waals surface area contributed by atoms with E-state index in [2.05, 4.69) is 43.4 Å². The van der Waals surface area contributed by atoms with Crippen LogP contribution in [0.2, 0.25) is 0 Å². The molecule has 2 atom stereocenters. The van der Waals surface area contributed by atoms with Crippen molar-refractivity contribution in [3.63, 3.8) is 0 Å². The van der Waals surface area contributed by atoms with Crippen LogP contribution >= 0.6 is 0 Å². The van der Waals surface area contributed by atoms with E-state index in [0.29, 0.717) is 5.92 Å². The molecule has 1 aliphatic heterocycles. The molecule has 83 valence electrons. The Morgan fingerprint density at radius 2 is 2.00 bits per heavy atom. The van der Waals surface area contributed by atoms with Crippen LogP contribution in [0.4, 0.5) is 0 Å². The van der Waals surface area contributed by atoms with Crippen LogP contribution in [0.15, 0.2) is 47.6 Å². The second-order valence-electron chi connectivity index (χ2n) is 5.07. The summed E-state index contributed by atoms with van der Waals surface area (Å²) in [4.78, 5) is 0. The van der Waals surface area contributed by atoms with Gasteiger partial charge in [0.15, 0.2) is 0 Å². The zero-order valence-electron chi connectivity index (χ0n) is 9.82. The highest BCUT2D eigenvalue weighted by molar-refractivity contribution is 5.39. The molecule has 1 saturated heterocycles. The quantitative estimate of drug-likeness (QED) is 0.667. The summed E-state index contributed by atoms with van der Waals surface area (Å²) < 4.78 is 0. The summed E-state index contributed by atoms with van der Waals surface area (Å²) in [5.41, 5.74) is 3.15. The van der Waals surface area contributed by atoms with Gasteiger partial charge in [0.2, 0.25) is 0 Å². The third-order valence-electron chi connectivity index (χ3n) is 4.21. The van der Waals surface area contributed by atoms with Gasteiger partial charge in [0.1, 0.15) is 0 Å². The summed E-state index contributed by atoms with van der Waals surface area (Å²) in [6, 6.07) is 0. The van der Waals surface area contributed by atoms with Crippen LogP contribution in [0, 0.1) is 5.92 Å². The van der Waals surface area contributed by atoms with Crippen LogP contribution in [0.3, 0.4) is 0 Å². The van der Waals surface area contributed by atoms with Gasteiger partial charge in [-0.3, -0.25) is 0 Å². The largest absolute Gasteiger partial charge is 0.230 e. The summed E-state index contributed by atoms with van der Waals surface area (Å²) >= 11 is 0. The standard InChI is InChI=1S/C15H18N/c1-15(13-8-4-5-9-13)14(10-11-16-15)12-6-2-3-7-12/h2-6,8,14H,7,9-11H2,1H3. The molecule has 0 spiro atoms. The topological polar surface area (TPSA) is 14.1 Å². The van der Waals surface area contributed by atoms with Gasteiger partial charge in [0.25, 0.3) is 0 Å². The fraction of sp³-hybridized carbons (Fsp3) is 0.467. The molecule has 2 aliphatic carbocycles. The van der Waals surface area contributed by atoms with Crippen molar-refractivity contribution in [2.24, 2.45) is 5.92 Å². The lowest BCUT2D eigenvalue weighted by atomic mass is 9.76. The Balaban J connectivity index is 1.88. The summed E-state index contributed by atoms with van der Waals surface area (Å²) in [5, 5.41) is 4.90. The number of hydrogen-bond acceptors (Lipinski definition) is 0. The predicted molar refractivity (Wildman–Crippen MR) is 67.2 cm³/mol. The normalized spacial score (nSPS) is 36.9. The first-order valence-electron chi connectivity index (χ1n) is 6.21. The van der Waals surface area contributed by atoms with Gasteiger partial charge < -0.3 is 0 Å². The molecule has 0 N–H and O–H groups in total. The van der Waals surface area contributed by atoms with Crippen molar-refractivity contribution < 1.29 is 0 Å². The zero-order valence-corrected chi connectivity index (χ0v) is 9.82. The van der Waals surface area contributed by atoms with Gasteiger partial charge in [-0.2, -0.15) is 0 Å². The first-order chi connectivity index (χ1) is 7.81. The van der Waals surface area contributed by atoms with Crippen molar-refractivity contribution in [3.8, 4) is 0 Å². The van der Waals surface area contributed by atoms with Crippen molar-refractivity contribution >= 4 is 0 Å². The minimum absolute atomic E-state index is 0.0708. The summed E-state index contributed by atoms with van der Waals surface area (Å²) in [5.74, 6) is 0.633. The molecule has 0 aromatic heterocycles. The smallest absolute Gasteiger partial charge is 0.0609 e. The summed E-state index contributed by atoms with van der Waals surface area (Å²) in [7, 11) is 0. The lowest BCUT2D eigenvalue weighted by Crippen LogP contribution is -2.39. The molecule has 3 rings (SSSR count). The summed E-state index contributed by atoms with van der Waals surface area (Å²) in [6.45, 7) is 3.35. The van der Waals surface area contributed by atoms with E-state index in [-0.39, 0.29) is 5.54 Å². The zero-order chi connectivity index (χ0) is 11.0. The number of allylic oxidation sites excluding steroid dienone is 6. The van der Waals surface area contributed by atoms with Crippen LogP contribution in [0.25, 0.3) is 0 Å². The third kappa shape index (κ3) is 1.42. The van der Waals surface area contributed by atoms with Gasteiger partial charge in [-0.25, -0.2) is 5.32 Å². The van der Waals surface area contributed by atoms with Gasteiger partial charge in [-0.15, -0.1) is 0 Å². The lowest BCUT2D eigenvalue weighted by Gasteiger charge is -2.33. The Morgan fingerprint density at radius 3 is 2.69 bits per heavy atom. The highest BCUT2D eigenvalue weighted by Crippen LogP contribution is 2.43. The second-order valence-corrected chi connectivity index (χ2v) is 5.07. The predicted octanol–water partition coefficient (Wildman–Crippen LogP) is 3.14. The van der Waals surface area contributed by atoms with Crippen LogP contribution in [-0.4, -0.2) is 12.1 Å². The van der Waals surface area contributed by atoms with Gasteiger partial charge in [-0.05, 0) is 31.8 Å². The molecule has 2 unspecified atom stereocenters. The van der Waals surface area contributed by atoms with E-state index in [1.165, 1.54) is 12.0 Å². The molecule has 1 fully saturated rings. The van der Waals surface area contributed by atoms with Crippen LogP contribution in [0.1, 0.15) is 26.2 Å². The van der Waals surface area contributed by atoms with E-state index in [0.717, 1.165) is 19.4 Å². The highest BCUT2D eigenvalue weighted by atomic mass is 15.0. The van der Waals surface area contributed by atoms with Crippen molar-refractivity contribution in [2.75, 3.05) is 6.54 Å². The first-order valence-corrected chi connectivity index (χ1v) is 6.21. The Kier molecular flexibility index (Phi) is 2.36. The molecule has 0 saturated carbocycles. The first kappa shape index (κ1) is 10.1. The van der Waals surface area contributed by atoms with Crippen LogP contribution in [-0.2, 0) is 0 Å². The van der Waals surface area contributed by atoms with Gasteiger partial charge >= 0.3 is 0 Å². The Bertz CT molecular complexity index is 411. The van der Waals surface area contributed by atoms with E-state index < -0.39 is 0 Å². The molecule has 1 radical (unpaired) electrons. The Hall–Kier alpha value is -1.08. The minimum atomic E-state index is 0.0708. The maximum Gasteiger partial charge on any atom is 0.0609 e.